The van der Waals surface area contributed by atoms with Crippen molar-refractivity contribution in [1.29, 1.82) is 0 Å². The van der Waals surface area contributed by atoms with Crippen LogP contribution in [-0.2, 0) is 0 Å². The molecule has 4 heterocycles. The Bertz CT molecular complexity index is 3470. The molecule has 8 aromatic carbocycles. The molecule has 12 aromatic rings. The van der Waals surface area contributed by atoms with Crippen LogP contribution in [0, 0.1) is 0 Å². The summed E-state index contributed by atoms with van der Waals surface area (Å²) in [6, 6.07) is 63.6. The lowest BCUT2D eigenvalue weighted by molar-refractivity contribution is 0.666. The molecule has 0 radical (unpaired) electrons. The smallest absolute Gasteiger partial charge is 0.164 e. The number of para-hydroxylation sites is 3. The summed E-state index contributed by atoms with van der Waals surface area (Å²) in [6.45, 7) is 0. The molecule has 0 bridgehead atoms. The molecule has 12 rings (SSSR count). The van der Waals surface area contributed by atoms with Crippen LogP contribution in [-0.4, -0.2) is 19.5 Å². The molecule has 0 saturated heterocycles. The zero-order valence-corrected chi connectivity index (χ0v) is 31.2. The molecule has 0 spiro atoms. The lowest BCUT2D eigenvalue weighted by Gasteiger charge is -2.10. The number of nitrogens with zero attached hydrogens (tertiary/aromatic N) is 4. The lowest BCUT2D eigenvalue weighted by Crippen LogP contribution is -2.00. The molecule has 0 saturated carbocycles. The largest absolute Gasteiger partial charge is 0.454 e. The van der Waals surface area contributed by atoms with Crippen LogP contribution >= 0.6 is 11.3 Å². The van der Waals surface area contributed by atoms with Crippen LogP contribution in [0.2, 0.25) is 0 Å². The normalized spacial score (nSPS) is 11.9. The fraction of sp³-hybridized carbons (Fsp3) is 0. The van der Waals surface area contributed by atoms with Crippen molar-refractivity contribution < 1.29 is 4.42 Å². The third kappa shape index (κ3) is 4.98. The highest BCUT2D eigenvalue weighted by molar-refractivity contribution is 7.26. The number of fused-ring (bicyclic) bond motifs is 9. The van der Waals surface area contributed by atoms with Crippen LogP contribution in [0.5, 0.6) is 0 Å². The number of benzene rings is 8. The maximum absolute atomic E-state index is 6.83. The van der Waals surface area contributed by atoms with Gasteiger partial charge in [0.2, 0.25) is 0 Å². The predicted octanol–water partition coefficient (Wildman–Crippen LogP) is 13.9. The first-order valence-corrected chi connectivity index (χ1v) is 19.8. The summed E-state index contributed by atoms with van der Waals surface area (Å²) in [6.07, 6.45) is 0. The molecule has 0 atom stereocenters. The number of rotatable bonds is 5. The summed E-state index contributed by atoms with van der Waals surface area (Å²) in [7, 11) is 0. The summed E-state index contributed by atoms with van der Waals surface area (Å²) >= 11 is 1.80. The Balaban J connectivity index is 1.07. The molecule has 0 unspecified atom stereocenters. The molecule has 0 N–H and O–H groups in total. The van der Waals surface area contributed by atoms with E-state index < -0.39 is 0 Å². The van der Waals surface area contributed by atoms with Crippen molar-refractivity contribution in [3.8, 4) is 51.0 Å². The third-order valence-electron chi connectivity index (χ3n) is 11.1. The van der Waals surface area contributed by atoms with Crippen LogP contribution in [0.25, 0.3) is 115 Å². The minimum Gasteiger partial charge on any atom is -0.454 e. The van der Waals surface area contributed by atoms with Crippen LogP contribution in [0.3, 0.4) is 0 Å². The topological polar surface area (TPSA) is 56.7 Å². The molecule has 6 heteroatoms. The van der Waals surface area contributed by atoms with Crippen molar-refractivity contribution in [1.82, 2.24) is 19.5 Å². The second-order valence-corrected chi connectivity index (χ2v) is 15.4. The fourth-order valence-electron chi connectivity index (χ4n) is 8.54. The van der Waals surface area contributed by atoms with Gasteiger partial charge in [0.1, 0.15) is 5.58 Å². The van der Waals surface area contributed by atoms with Crippen molar-refractivity contribution in [2.75, 3.05) is 0 Å². The third-order valence-corrected chi connectivity index (χ3v) is 12.2. The van der Waals surface area contributed by atoms with Gasteiger partial charge in [0, 0.05) is 58.4 Å². The van der Waals surface area contributed by atoms with Gasteiger partial charge in [0.15, 0.2) is 23.1 Å². The monoisotopic (exact) mass is 746 g/mol. The van der Waals surface area contributed by atoms with Crippen molar-refractivity contribution >= 4 is 75.3 Å². The number of aromatic nitrogens is 4. The number of hydrogen-bond acceptors (Lipinski definition) is 5. The molecule has 57 heavy (non-hydrogen) atoms. The molecule has 266 valence electrons. The van der Waals surface area contributed by atoms with Gasteiger partial charge in [0.25, 0.3) is 0 Å². The average Bonchev–Trinajstić information content (AvgIpc) is 3.96. The quantitative estimate of drug-likeness (QED) is 0.176. The van der Waals surface area contributed by atoms with E-state index >= 15 is 0 Å². The highest BCUT2D eigenvalue weighted by Crippen LogP contribution is 2.43. The van der Waals surface area contributed by atoms with Gasteiger partial charge in [-0.15, -0.1) is 11.3 Å². The van der Waals surface area contributed by atoms with Gasteiger partial charge in [-0.25, -0.2) is 15.0 Å². The first-order valence-electron chi connectivity index (χ1n) is 19.0. The summed E-state index contributed by atoms with van der Waals surface area (Å²) in [5.41, 5.74) is 10.1. The van der Waals surface area contributed by atoms with Gasteiger partial charge in [0.05, 0.1) is 16.7 Å². The Hall–Kier alpha value is -7.41. The van der Waals surface area contributed by atoms with E-state index in [4.69, 9.17) is 19.4 Å². The van der Waals surface area contributed by atoms with Crippen molar-refractivity contribution in [3.05, 3.63) is 182 Å². The molecule has 4 aromatic heterocycles. The summed E-state index contributed by atoms with van der Waals surface area (Å²) in [5.74, 6) is 1.84. The molecular weight excluding hydrogens is 717 g/mol. The summed E-state index contributed by atoms with van der Waals surface area (Å²) in [4.78, 5) is 15.5. The molecule has 0 aliphatic carbocycles. The van der Waals surface area contributed by atoms with Crippen LogP contribution in [0.4, 0.5) is 0 Å². The number of hydrogen-bond donors (Lipinski definition) is 0. The van der Waals surface area contributed by atoms with Crippen molar-refractivity contribution in [2.45, 2.75) is 0 Å². The van der Waals surface area contributed by atoms with Gasteiger partial charge < -0.3 is 8.98 Å². The summed E-state index contributed by atoms with van der Waals surface area (Å²) in [5, 5.41) is 6.89. The first-order chi connectivity index (χ1) is 28.3. The molecule has 0 fully saturated rings. The van der Waals surface area contributed by atoms with E-state index in [1.165, 1.54) is 42.1 Å². The van der Waals surface area contributed by atoms with E-state index in [0.29, 0.717) is 17.5 Å². The average molecular weight is 747 g/mol. The van der Waals surface area contributed by atoms with E-state index in [1.54, 1.807) is 11.3 Å². The molecule has 0 aliphatic rings. The fourth-order valence-corrected chi connectivity index (χ4v) is 9.71. The molecule has 5 nitrogen and oxygen atoms in total. The zero-order valence-electron chi connectivity index (χ0n) is 30.4. The van der Waals surface area contributed by atoms with Crippen LogP contribution < -0.4 is 0 Å². The van der Waals surface area contributed by atoms with E-state index in [0.717, 1.165) is 55.3 Å². The Labute approximate surface area is 330 Å². The van der Waals surface area contributed by atoms with E-state index in [2.05, 4.69) is 156 Å². The van der Waals surface area contributed by atoms with Crippen LogP contribution in [0.15, 0.2) is 186 Å². The summed E-state index contributed by atoms with van der Waals surface area (Å²) < 4.78 is 11.6. The minimum atomic E-state index is 0.595. The van der Waals surface area contributed by atoms with E-state index in [-0.39, 0.29) is 0 Å². The number of thiophene rings is 1. The van der Waals surface area contributed by atoms with Gasteiger partial charge in [-0.05, 0) is 47.5 Å². The molecule has 0 aliphatic heterocycles. The maximum atomic E-state index is 6.83. The van der Waals surface area contributed by atoms with Crippen molar-refractivity contribution in [3.63, 3.8) is 0 Å². The highest BCUT2D eigenvalue weighted by atomic mass is 32.1. The Morgan fingerprint density at radius 1 is 0.404 bits per heavy atom. The Morgan fingerprint density at radius 3 is 1.79 bits per heavy atom. The second-order valence-electron chi connectivity index (χ2n) is 14.3. The highest BCUT2D eigenvalue weighted by Gasteiger charge is 2.22. The zero-order chi connectivity index (χ0) is 37.5. The van der Waals surface area contributed by atoms with Crippen LogP contribution in [0.1, 0.15) is 0 Å². The SMILES string of the molecule is c1ccc(-c2nc(-c3ccc4c(c3)sc3cccc(-c5ccccc5)c34)nc(-c3cccc4oc5c(-n6c7ccccc7c7ccccc76)cccc5c34)n2)cc1. The predicted molar refractivity (Wildman–Crippen MR) is 236 cm³/mol. The van der Waals surface area contributed by atoms with Crippen molar-refractivity contribution in [2.24, 2.45) is 0 Å². The van der Waals surface area contributed by atoms with Gasteiger partial charge in [-0.3, -0.25) is 0 Å². The minimum absolute atomic E-state index is 0.595. The lowest BCUT2D eigenvalue weighted by atomic mass is 9.99. The first kappa shape index (κ1) is 31.9. The molecule has 0 amide bonds. The van der Waals surface area contributed by atoms with Gasteiger partial charge >= 0.3 is 0 Å². The Kier molecular flexibility index (Phi) is 7.03. The van der Waals surface area contributed by atoms with E-state index in [9.17, 15) is 0 Å². The standard InChI is InChI=1S/C51H30N4OS/c1-3-14-31(15-4-1)34-20-13-27-44-47(34)37-29-28-33(30-45(37)57-44)50-52-49(32-16-5-2-6-17-32)53-51(54-50)39-22-12-26-43-46(39)38-21-11-25-42(48(38)56-43)55-40-23-9-7-18-35(40)36-19-8-10-24-41(36)55/h1-30H. The van der Waals surface area contributed by atoms with Gasteiger partial charge in [-0.2, -0.15) is 0 Å². The van der Waals surface area contributed by atoms with E-state index in [1.807, 2.05) is 30.3 Å². The maximum Gasteiger partial charge on any atom is 0.164 e. The second kappa shape index (κ2) is 12.6. The number of furan rings is 1. The Morgan fingerprint density at radius 2 is 1.02 bits per heavy atom. The van der Waals surface area contributed by atoms with Gasteiger partial charge in [-0.1, -0.05) is 146 Å². The molecular formula is C51H30N4OS.